The van der Waals surface area contributed by atoms with E-state index in [-0.39, 0.29) is 5.97 Å². The molecule has 76 valence electrons. The highest BCUT2D eigenvalue weighted by Crippen LogP contribution is 2.10. The Bertz CT molecular complexity index is 305. The SMILES string of the molecule is COC(=O)CCCc1ccccc1C. The van der Waals surface area contributed by atoms with Crippen molar-refractivity contribution in [2.24, 2.45) is 0 Å². The lowest BCUT2D eigenvalue weighted by Crippen LogP contribution is -2.00. The van der Waals surface area contributed by atoms with Crippen molar-refractivity contribution in [3.05, 3.63) is 35.4 Å². The van der Waals surface area contributed by atoms with E-state index >= 15 is 0 Å². The Morgan fingerprint density at radius 2 is 2.07 bits per heavy atom. The molecule has 14 heavy (non-hydrogen) atoms. The monoisotopic (exact) mass is 192 g/mol. The average Bonchev–Trinajstić information content (AvgIpc) is 2.20. The molecular formula is C12H16O2. The maximum Gasteiger partial charge on any atom is 0.305 e. The molecule has 0 saturated heterocycles. The Morgan fingerprint density at radius 3 is 2.71 bits per heavy atom. The first-order chi connectivity index (χ1) is 6.74. The van der Waals surface area contributed by atoms with Crippen LogP contribution < -0.4 is 0 Å². The number of carbonyl (C=O) groups excluding carboxylic acids is 1. The van der Waals surface area contributed by atoms with Crippen molar-refractivity contribution in [2.45, 2.75) is 26.2 Å². The van der Waals surface area contributed by atoms with E-state index in [2.05, 4.69) is 23.8 Å². The Balaban J connectivity index is 2.39. The van der Waals surface area contributed by atoms with E-state index in [1.165, 1.54) is 18.2 Å². The molecular weight excluding hydrogens is 176 g/mol. The van der Waals surface area contributed by atoms with Crippen molar-refractivity contribution in [1.82, 2.24) is 0 Å². The predicted octanol–water partition coefficient (Wildman–Crippen LogP) is 2.49. The van der Waals surface area contributed by atoms with Crippen molar-refractivity contribution in [1.29, 1.82) is 0 Å². The van der Waals surface area contributed by atoms with Crippen LogP contribution in [0.25, 0.3) is 0 Å². The zero-order valence-corrected chi connectivity index (χ0v) is 8.75. The van der Waals surface area contributed by atoms with Gasteiger partial charge in [-0.1, -0.05) is 24.3 Å². The van der Waals surface area contributed by atoms with Crippen molar-refractivity contribution in [3.63, 3.8) is 0 Å². The summed E-state index contributed by atoms with van der Waals surface area (Å²) in [5.41, 5.74) is 2.61. The van der Waals surface area contributed by atoms with Crippen LogP contribution in [0.1, 0.15) is 24.0 Å². The molecule has 0 fully saturated rings. The molecule has 0 unspecified atom stereocenters. The fourth-order valence-electron chi connectivity index (χ4n) is 1.42. The van der Waals surface area contributed by atoms with Crippen molar-refractivity contribution < 1.29 is 9.53 Å². The fourth-order valence-corrected chi connectivity index (χ4v) is 1.42. The van der Waals surface area contributed by atoms with Gasteiger partial charge in [0.1, 0.15) is 0 Å². The summed E-state index contributed by atoms with van der Waals surface area (Å²) in [6.45, 7) is 2.09. The van der Waals surface area contributed by atoms with Crippen LogP contribution in [0, 0.1) is 6.92 Å². The third-order valence-electron chi connectivity index (χ3n) is 2.32. The smallest absolute Gasteiger partial charge is 0.305 e. The minimum absolute atomic E-state index is 0.126. The van der Waals surface area contributed by atoms with E-state index in [1.807, 2.05) is 12.1 Å². The number of hydrogen-bond acceptors (Lipinski definition) is 2. The molecule has 2 heteroatoms. The van der Waals surface area contributed by atoms with E-state index in [4.69, 9.17) is 0 Å². The van der Waals surface area contributed by atoms with E-state index in [9.17, 15) is 4.79 Å². The van der Waals surface area contributed by atoms with Gasteiger partial charge in [-0.15, -0.1) is 0 Å². The number of ether oxygens (including phenoxy) is 1. The van der Waals surface area contributed by atoms with Crippen LogP contribution in [0.3, 0.4) is 0 Å². The minimum atomic E-state index is -0.126. The summed E-state index contributed by atoms with van der Waals surface area (Å²) in [5, 5.41) is 0. The van der Waals surface area contributed by atoms with Gasteiger partial charge >= 0.3 is 5.97 Å². The van der Waals surface area contributed by atoms with Crippen LogP contribution in [0.4, 0.5) is 0 Å². The molecule has 0 aliphatic heterocycles. The lowest BCUT2D eigenvalue weighted by molar-refractivity contribution is -0.140. The largest absolute Gasteiger partial charge is 0.469 e. The van der Waals surface area contributed by atoms with Gasteiger partial charge in [0.25, 0.3) is 0 Å². The van der Waals surface area contributed by atoms with Crippen LogP contribution in [0.2, 0.25) is 0 Å². The summed E-state index contributed by atoms with van der Waals surface area (Å²) >= 11 is 0. The topological polar surface area (TPSA) is 26.3 Å². The van der Waals surface area contributed by atoms with Gasteiger partial charge in [-0.25, -0.2) is 0 Å². The molecule has 0 radical (unpaired) electrons. The van der Waals surface area contributed by atoms with Gasteiger partial charge in [-0.2, -0.15) is 0 Å². The van der Waals surface area contributed by atoms with E-state index in [0.717, 1.165) is 12.8 Å². The predicted molar refractivity (Wildman–Crippen MR) is 56.1 cm³/mol. The maximum atomic E-state index is 10.9. The first-order valence-electron chi connectivity index (χ1n) is 4.85. The number of rotatable bonds is 4. The number of carbonyl (C=O) groups is 1. The highest BCUT2D eigenvalue weighted by Gasteiger charge is 2.01. The molecule has 0 aromatic heterocycles. The Labute approximate surface area is 84.9 Å². The average molecular weight is 192 g/mol. The molecule has 0 aliphatic carbocycles. The first kappa shape index (κ1) is 10.8. The van der Waals surface area contributed by atoms with Crippen molar-refractivity contribution in [2.75, 3.05) is 7.11 Å². The summed E-state index contributed by atoms with van der Waals surface area (Å²) in [6.07, 6.45) is 2.31. The lowest BCUT2D eigenvalue weighted by Gasteiger charge is -2.04. The number of esters is 1. The molecule has 0 amide bonds. The molecule has 0 saturated carbocycles. The standard InChI is InChI=1S/C12H16O2/c1-10-6-3-4-7-11(10)8-5-9-12(13)14-2/h3-4,6-7H,5,8-9H2,1-2H3. The van der Waals surface area contributed by atoms with Crippen molar-refractivity contribution >= 4 is 5.97 Å². The van der Waals surface area contributed by atoms with E-state index < -0.39 is 0 Å². The van der Waals surface area contributed by atoms with E-state index in [1.54, 1.807) is 0 Å². The molecule has 0 N–H and O–H groups in total. The van der Waals surface area contributed by atoms with Crippen LogP contribution in [0.5, 0.6) is 0 Å². The summed E-state index contributed by atoms with van der Waals surface area (Å²) in [6, 6.07) is 8.25. The molecule has 1 rings (SSSR count). The van der Waals surface area contributed by atoms with Gasteiger partial charge in [0, 0.05) is 6.42 Å². The van der Waals surface area contributed by atoms with Gasteiger partial charge in [0.15, 0.2) is 0 Å². The van der Waals surface area contributed by atoms with Crippen LogP contribution in [0.15, 0.2) is 24.3 Å². The molecule has 0 atom stereocenters. The Morgan fingerprint density at radius 1 is 1.36 bits per heavy atom. The second-order valence-corrected chi connectivity index (χ2v) is 3.36. The highest BCUT2D eigenvalue weighted by molar-refractivity contribution is 5.69. The van der Waals surface area contributed by atoms with Crippen LogP contribution in [-0.4, -0.2) is 13.1 Å². The molecule has 0 heterocycles. The van der Waals surface area contributed by atoms with Gasteiger partial charge < -0.3 is 4.74 Å². The number of hydrogen-bond donors (Lipinski definition) is 0. The summed E-state index contributed by atoms with van der Waals surface area (Å²) in [7, 11) is 1.43. The fraction of sp³-hybridized carbons (Fsp3) is 0.417. The van der Waals surface area contributed by atoms with Gasteiger partial charge in [-0.05, 0) is 30.9 Å². The number of methoxy groups -OCH3 is 1. The lowest BCUT2D eigenvalue weighted by atomic mass is 10.0. The van der Waals surface area contributed by atoms with Crippen LogP contribution in [-0.2, 0) is 16.0 Å². The summed E-state index contributed by atoms with van der Waals surface area (Å²) < 4.78 is 4.58. The maximum absolute atomic E-state index is 10.9. The molecule has 0 aliphatic rings. The number of aryl methyl sites for hydroxylation is 2. The van der Waals surface area contributed by atoms with Crippen LogP contribution >= 0.6 is 0 Å². The van der Waals surface area contributed by atoms with Gasteiger partial charge in [0.2, 0.25) is 0 Å². The highest BCUT2D eigenvalue weighted by atomic mass is 16.5. The first-order valence-corrected chi connectivity index (χ1v) is 4.85. The third-order valence-corrected chi connectivity index (χ3v) is 2.32. The molecule has 1 aromatic rings. The summed E-state index contributed by atoms with van der Waals surface area (Å²) in [4.78, 5) is 10.9. The molecule has 1 aromatic carbocycles. The minimum Gasteiger partial charge on any atom is -0.469 e. The quantitative estimate of drug-likeness (QED) is 0.685. The molecule has 2 nitrogen and oxygen atoms in total. The van der Waals surface area contributed by atoms with Gasteiger partial charge in [0.05, 0.1) is 7.11 Å². The molecule has 0 bridgehead atoms. The molecule has 0 spiro atoms. The van der Waals surface area contributed by atoms with Crippen molar-refractivity contribution in [3.8, 4) is 0 Å². The normalized spacial score (nSPS) is 9.86. The zero-order chi connectivity index (χ0) is 10.4. The third kappa shape index (κ3) is 3.21. The Hall–Kier alpha value is -1.31. The number of benzene rings is 1. The van der Waals surface area contributed by atoms with Gasteiger partial charge in [-0.3, -0.25) is 4.79 Å². The Kier molecular flexibility index (Phi) is 4.17. The second-order valence-electron chi connectivity index (χ2n) is 3.36. The second kappa shape index (κ2) is 5.43. The summed E-state index contributed by atoms with van der Waals surface area (Å²) in [5.74, 6) is -0.126. The zero-order valence-electron chi connectivity index (χ0n) is 8.75. The van der Waals surface area contributed by atoms with E-state index in [0.29, 0.717) is 6.42 Å².